The highest BCUT2D eigenvalue weighted by Crippen LogP contribution is 2.42. The van der Waals surface area contributed by atoms with E-state index in [1.54, 1.807) is 20.7 Å². The maximum Gasteiger partial charge on any atom is 0.120 e. The number of phenolic OH excluding ortho intramolecular Hbond substituents is 1. The number of aromatic hydroxyl groups is 1. The van der Waals surface area contributed by atoms with Crippen molar-refractivity contribution in [2.45, 2.75) is 26.3 Å². The van der Waals surface area contributed by atoms with Gasteiger partial charge < -0.3 is 15.1 Å². The Bertz CT molecular complexity index is 1080. The Morgan fingerprint density at radius 1 is 0.906 bits per heavy atom. The summed E-state index contributed by atoms with van der Waals surface area (Å²) in [6.45, 7) is 8.22. The Balaban J connectivity index is 1.50. The summed E-state index contributed by atoms with van der Waals surface area (Å²) in [4.78, 5) is 6.08. The number of aliphatic hydroxyl groups excluding tert-OH is 1. The number of piperazine rings is 1. The van der Waals surface area contributed by atoms with E-state index >= 15 is 0 Å². The van der Waals surface area contributed by atoms with Crippen LogP contribution in [-0.2, 0) is 6.54 Å². The van der Waals surface area contributed by atoms with Gasteiger partial charge in [-0.2, -0.15) is 0 Å². The van der Waals surface area contributed by atoms with Gasteiger partial charge >= 0.3 is 0 Å². The lowest BCUT2D eigenvalue weighted by Crippen LogP contribution is -2.46. The van der Waals surface area contributed by atoms with Gasteiger partial charge in [0.2, 0.25) is 0 Å². The van der Waals surface area contributed by atoms with Crippen molar-refractivity contribution in [1.82, 2.24) is 9.80 Å². The molecule has 0 saturated carbocycles. The Hall–Kier alpha value is -1.61. The summed E-state index contributed by atoms with van der Waals surface area (Å²) in [7, 11) is 3.37. The first kappa shape index (κ1) is 23.5. The summed E-state index contributed by atoms with van der Waals surface area (Å²) in [6.07, 6.45) is 1.92. The predicted molar refractivity (Wildman–Crippen MR) is 138 cm³/mol. The number of rotatable bonds is 8. The summed E-state index contributed by atoms with van der Waals surface area (Å²) in [5, 5.41) is 19.5. The highest BCUT2D eigenvalue weighted by atomic mass is 32.9. The van der Waals surface area contributed by atoms with E-state index in [9.17, 15) is 5.11 Å². The van der Waals surface area contributed by atoms with Gasteiger partial charge in [-0.25, -0.2) is 0 Å². The standard InChI is InChI=1S/C25H30N2O2S3/c1-18-4-6-19(7-5-18)24-23(25(30)32-31-24)20-8-9-22(29)21(16-20)17-27-13-11-26(12-14-27)10-2-3-15-28/h4-9,16,28-29H,2-3,10-15,17H2,1H3. The maximum absolute atomic E-state index is 10.6. The molecule has 4 rings (SSSR count). The van der Waals surface area contributed by atoms with E-state index in [0.29, 0.717) is 5.75 Å². The number of phenols is 1. The molecule has 0 bridgehead atoms. The summed E-state index contributed by atoms with van der Waals surface area (Å²) in [5.74, 6) is 0.348. The molecule has 0 unspecified atom stereocenters. The van der Waals surface area contributed by atoms with Crippen molar-refractivity contribution >= 4 is 32.9 Å². The van der Waals surface area contributed by atoms with E-state index < -0.39 is 0 Å². The van der Waals surface area contributed by atoms with E-state index in [1.165, 1.54) is 16.0 Å². The molecule has 3 aromatic rings. The van der Waals surface area contributed by atoms with Gasteiger partial charge in [-0.15, -0.1) is 0 Å². The van der Waals surface area contributed by atoms with Gasteiger partial charge in [0.1, 0.15) is 9.57 Å². The monoisotopic (exact) mass is 486 g/mol. The molecule has 32 heavy (non-hydrogen) atoms. The number of benzene rings is 2. The average Bonchev–Trinajstić information content (AvgIpc) is 3.18. The fourth-order valence-corrected chi connectivity index (χ4v) is 7.05. The highest BCUT2D eigenvalue weighted by Gasteiger charge is 2.19. The minimum absolute atomic E-state index is 0.276. The maximum atomic E-state index is 10.6. The van der Waals surface area contributed by atoms with Gasteiger partial charge in [0.25, 0.3) is 0 Å². The van der Waals surface area contributed by atoms with Crippen LogP contribution in [0.5, 0.6) is 5.75 Å². The average molecular weight is 487 g/mol. The summed E-state index contributed by atoms with van der Waals surface area (Å²) < 4.78 is 0.902. The van der Waals surface area contributed by atoms with Crippen molar-refractivity contribution in [3.05, 3.63) is 57.4 Å². The third-order valence-electron chi connectivity index (χ3n) is 6.06. The molecule has 170 valence electrons. The third-order valence-corrected chi connectivity index (χ3v) is 9.12. The lowest BCUT2D eigenvalue weighted by molar-refractivity contribution is 0.123. The van der Waals surface area contributed by atoms with Crippen LogP contribution in [-0.4, -0.2) is 59.3 Å². The molecule has 0 aliphatic carbocycles. The number of hydrogen-bond donors (Lipinski definition) is 2. The van der Waals surface area contributed by atoms with Crippen LogP contribution >= 0.6 is 32.9 Å². The molecular formula is C25H30N2O2S3. The van der Waals surface area contributed by atoms with Gasteiger partial charge in [-0.3, -0.25) is 4.90 Å². The van der Waals surface area contributed by atoms with Crippen LogP contribution in [0.1, 0.15) is 24.0 Å². The van der Waals surface area contributed by atoms with E-state index in [2.05, 4.69) is 47.1 Å². The number of hydrogen-bond acceptors (Lipinski definition) is 7. The SMILES string of the molecule is Cc1ccc(-c2ssc(=S)c2-c2ccc(O)c(CN3CCN(CCCCO)CC3)c2)cc1. The van der Waals surface area contributed by atoms with Crippen LogP contribution in [0, 0.1) is 10.7 Å². The van der Waals surface area contributed by atoms with Gasteiger partial charge in [0, 0.05) is 50.5 Å². The molecule has 1 aliphatic heterocycles. The third kappa shape index (κ3) is 5.65. The van der Waals surface area contributed by atoms with Gasteiger partial charge in [0.05, 0.1) is 4.88 Å². The van der Waals surface area contributed by atoms with Crippen LogP contribution in [0.15, 0.2) is 42.5 Å². The quantitative estimate of drug-likeness (QED) is 0.240. The first-order chi connectivity index (χ1) is 15.5. The molecule has 2 heterocycles. The number of aliphatic hydroxyl groups is 1. The van der Waals surface area contributed by atoms with E-state index in [1.807, 2.05) is 12.1 Å². The summed E-state index contributed by atoms with van der Waals surface area (Å²) >= 11 is 5.71. The molecule has 0 amide bonds. The van der Waals surface area contributed by atoms with Crippen molar-refractivity contribution in [1.29, 1.82) is 0 Å². The molecular weight excluding hydrogens is 456 g/mol. The fraction of sp³-hybridized carbons (Fsp3) is 0.400. The van der Waals surface area contributed by atoms with Crippen molar-refractivity contribution < 1.29 is 10.2 Å². The van der Waals surface area contributed by atoms with Crippen LogP contribution in [0.25, 0.3) is 21.6 Å². The molecule has 4 nitrogen and oxygen atoms in total. The Kier molecular flexibility index (Phi) is 8.10. The van der Waals surface area contributed by atoms with Crippen molar-refractivity contribution in [2.75, 3.05) is 39.3 Å². The van der Waals surface area contributed by atoms with Crippen molar-refractivity contribution in [3.8, 4) is 27.3 Å². The minimum atomic E-state index is 0.276. The molecule has 0 spiro atoms. The van der Waals surface area contributed by atoms with Crippen molar-refractivity contribution in [2.24, 2.45) is 0 Å². The minimum Gasteiger partial charge on any atom is -0.508 e. The molecule has 1 aliphatic rings. The highest BCUT2D eigenvalue weighted by molar-refractivity contribution is 7.80. The molecule has 1 aromatic heterocycles. The molecule has 1 saturated heterocycles. The second-order valence-corrected chi connectivity index (χ2v) is 11.2. The van der Waals surface area contributed by atoms with Crippen LogP contribution in [0.4, 0.5) is 0 Å². The van der Waals surface area contributed by atoms with E-state index in [0.717, 1.165) is 72.6 Å². The van der Waals surface area contributed by atoms with Crippen molar-refractivity contribution in [3.63, 3.8) is 0 Å². The zero-order chi connectivity index (χ0) is 22.5. The zero-order valence-corrected chi connectivity index (χ0v) is 20.9. The molecule has 0 atom stereocenters. The van der Waals surface area contributed by atoms with Gasteiger partial charge in [0.15, 0.2) is 0 Å². The lowest BCUT2D eigenvalue weighted by Gasteiger charge is -2.34. The second kappa shape index (κ2) is 11.0. The summed E-state index contributed by atoms with van der Waals surface area (Å²) in [5.41, 5.74) is 5.58. The van der Waals surface area contributed by atoms with Gasteiger partial charge in [-0.1, -0.05) is 68.8 Å². The Morgan fingerprint density at radius 3 is 2.31 bits per heavy atom. The summed E-state index contributed by atoms with van der Waals surface area (Å²) in [6, 6.07) is 14.5. The first-order valence-corrected chi connectivity index (χ1v) is 13.7. The number of unbranched alkanes of at least 4 members (excludes halogenated alkanes) is 1. The zero-order valence-electron chi connectivity index (χ0n) is 18.4. The Labute approximate surface area is 202 Å². The lowest BCUT2D eigenvalue weighted by atomic mass is 10.0. The first-order valence-electron chi connectivity index (χ1n) is 11.1. The molecule has 0 radical (unpaired) electrons. The molecule has 2 aromatic carbocycles. The topological polar surface area (TPSA) is 46.9 Å². The van der Waals surface area contributed by atoms with E-state index in [-0.39, 0.29) is 6.61 Å². The largest absolute Gasteiger partial charge is 0.508 e. The number of aryl methyl sites for hydroxylation is 1. The normalized spacial score (nSPS) is 15.3. The Morgan fingerprint density at radius 2 is 1.59 bits per heavy atom. The smallest absolute Gasteiger partial charge is 0.120 e. The van der Waals surface area contributed by atoms with Gasteiger partial charge in [-0.05, 0) is 49.6 Å². The van der Waals surface area contributed by atoms with Crippen LogP contribution in [0.3, 0.4) is 0 Å². The fourth-order valence-electron chi connectivity index (χ4n) is 4.13. The molecule has 2 N–H and O–H groups in total. The predicted octanol–water partition coefficient (Wildman–Crippen LogP) is 5.78. The molecule has 7 heteroatoms. The number of nitrogens with zero attached hydrogens (tertiary/aromatic N) is 2. The van der Waals surface area contributed by atoms with Crippen LogP contribution in [0.2, 0.25) is 0 Å². The van der Waals surface area contributed by atoms with E-state index in [4.69, 9.17) is 17.3 Å². The molecule has 1 fully saturated rings. The second-order valence-electron chi connectivity index (χ2n) is 8.42. The van der Waals surface area contributed by atoms with Crippen LogP contribution < -0.4 is 0 Å².